The van der Waals surface area contributed by atoms with Crippen molar-refractivity contribution in [1.29, 1.82) is 0 Å². The summed E-state index contributed by atoms with van der Waals surface area (Å²) in [4.78, 5) is 17.3. The average Bonchev–Trinajstić information content (AvgIpc) is 2.17. The molecule has 2 heterocycles. The van der Waals surface area contributed by atoms with Crippen LogP contribution >= 0.6 is 0 Å². The highest BCUT2D eigenvalue weighted by Crippen LogP contribution is 2.17. The highest BCUT2D eigenvalue weighted by Gasteiger charge is 2.30. The van der Waals surface area contributed by atoms with Gasteiger partial charge in [-0.3, -0.25) is 9.78 Å². The zero-order chi connectivity index (χ0) is 9.97. The molecule has 0 unspecified atom stereocenters. The molecule has 1 saturated heterocycles. The highest BCUT2D eigenvalue weighted by molar-refractivity contribution is 5.94. The first-order valence-electron chi connectivity index (χ1n) is 4.61. The fraction of sp³-hybridized carbons (Fsp3) is 0.400. The summed E-state index contributed by atoms with van der Waals surface area (Å²) in [6, 6.07) is 3.50. The number of pyridine rings is 1. The summed E-state index contributed by atoms with van der Waals surface area (Å²) in [6.45, 7) is 1.48. The molecule has 1 N–H and O–H groups in total. The molecule has 2 rings (SSSR count). The van der Waals surface area contributed by atoms with E-state index >= 15 is 0 Å². The van der Waals surface area contributed by atoms with Gasteiger partial charge in [0, 0.05) is 38.0 Å². The second-order valence-corrected chi connectivity index (χ2v) is 3.50. The molecule has 0 aromatic carbocycles. The van der Waals surface area contributed by atoms with Crippen LogP contribution in [0.25, 0.3) is 0 Å². The van der Waals surface area contributed by atoms with Gasteiger partial charge in [-0.15, -0.1) is 0 Å². The maximum Gasteiger partial charge on any atom is 0.255 e. The Morgan fingerprint density at radius 3 is 3.00 bits per heavy atom. The summed E-state index contributed by atoms with van der Waals surface area (Å²) in [6.07, 6.45) is 3.21. The summed E-state index contributed by atoms with van der Waals surface area (Å²) < 4.78 is 0. The van der Waals surface area contributed by atoms with E-state index in [0.29, 0.717) is 18.7 Å². The van der Waals surface area contributed by atoms with E-state index < -0.39 is 0 Å². The van der Waals surface area contributed by atoms with Crippen molar-refractivity contribution >= 4 is 5.91 Å². The molecule has 0 bridgehead atoms. The lowest BCUT2D eigenvalue weighted by Gasteiger charge is -2.38. The molecule has 0 radical (unpaired) electrons. The van der Waals surface area contributed by atoms with Crippen molar-refractivity contribution in [3.05, 3.63) is 30.1 Å². The number of nitrogens with zero attached hydrogens (tertiary/aromatic N) is 2. The number of carbonyl (C=O) groups is 1. The number of rotatable bonds is 2. The van der Waals surface area contributed by atoms with Crippen LogP contribution in [0.2, 0.25) is 0 Å². The van der Waals surface area contributed by atoms with E-state index in [2.05, 4.69) is 4.98 Å². The number of aromatic nitrogens is 1. The number of likely N-dealkylation sites (tertiary alicyclic amines) is 1. The molecule has 74 valence electrons. The van der Waals surface area contributed by atoms with Crippen LogP contribution in [0.3, 0.4) is 0 Å². The monoisotopic (exact) mass is 192 g/mol. The Labute approximate surface area is 82.2 Å². The van der Waals surface area contributed by atoms with E-state index in [0.717, 1.165) is 0 Å². The zero-order valence-corrected chi connectivity index (χ0v) is 7.76. The molecule has 4 nitrogen and oxygen atoms in total. The number of aliphatic hydroxyl groups excluding tert-OH is 1. The van der Waals surface area contributed by atoms with Crippen molar-refractivity contribution in [1.82, 2.24) is 9.88 Å². The van der Waals surface area contributed by atoms with Crippen LogP contribution in [-0.4, -0.2) is 40.6 Å². The maximum atomic E-state index is 11.7. The standard InChI is InChI=1S/C10H12N2O2/c13-7-8-5-12(6-8)10(14)9-2-1-3-11-4-9/h1-4,8,13H,5-7H2. The van der Waals surface area contributed by atoms with Crippen molar-refractivity contribution in [3.8, 4) is 0 Å². The highest BCUT2D eigenvalue weighted by atomic mass is 16.3. The summed E-state index contributed by atoms with van der Waals surface area (Å²) in [5.74, 6) is 0.262. The second-order valence-electron chi connectivity index (χ2n) is 3.50. The first-order chi connectivity index (χ1) is 6.81. The van der Waals surface area contributed by atoms with E-state index in [-0.39, 0.29) is 18.4 Å². The van der Waals surface area contributed by atoms with Crippen molar-refractivity contribution in [2.75, 3.05) is 19.7 Å². The molecule has 0 aliphatic carbocycles. The Balaban J connectivity index is 1.98. The third-order valence-corrected chi connectivity index (χ3v) is 2.41. The minimum absolute atomic E-state index is 0.00259. The van der Waals surface area contributed by atoms with Gasteiger partial charge in [-0.1, -0.05) is 0 Å². The Hall–Kier alpha value is -1.42. The van der Waals surface area contributed by atoms with E-state index in [1.807, 2.05) is 0 Å². The third kappa shape index (κ3) is 1.61. The maximum absolute atomic E-state index is 11.7. The Bertz CT molecular complexity index is 320. The molecular formula is C10H12N2O2. The van der Waals surface area contributed by atoms with Gasteiger partial charge in [0.1, 0.15) is 0 Å². The molecule has 14 heavy (non-hydrogen) atoms. The quantitative estimate of drug-likeness (QED) is 0.725. The molecule has 1 fully saturated rings. The molecule has 0 atom stereocenters. The van der Waals surface area contributed by atoms with Gasteiger partial charge < -0.3 is 10.0 Å². The minimum Gasteiger partial charge on any atom is -0.396 e. The Morgan fingerprint density at radius 2 is 2.43 bits per heavy atom. The largest absolute Gasteiger partial charge is 0.396 e. The molecule has 4 heteroatoms. The number of aliphatic hydroxyl groups is 1. The van der Waals surface area contributed by atoms with E-state index in [9.17, 15) is 4.79 Å². The van der Waals surface area contributed by atoms with E-state index in [4.69, 9.17) is 5.11 Å². The van der Waals surface area contributed by atoms with Crippen molar-refractivity contribution < 1.29 is 9.90 Å². The van der Waals surface area contributed by atoms with Gasteiger partial charge in [-0.25, -0.2) is 0 Å². The Morgan fingerprint density at radius 1 is 1.64 bits per heavy atom. The summed E-state index contributed by atoms with van der Waals surface area (Å²) in [5.41, 5.74) is 0.615. The van der Waals surface area contributed by atoms with Gasteiger partial charge in [0.2, 0.25) is 0 Å². The zero-order valence-electron chi connectivity index (χ0n) is 7.76. The van der Waals surface area contributed by atoms with Gasteiger partial charge in [0.15, 0.2) is 0 Å². The minimum atomic E-state index is 0.00259. The van der Waals surface area contributed by atoms with Crippen LogP contribution in [0.15, 0.2) is 24.5 Å². The lowest BCUT2D eigenvalue weighted by Crippen LogP contribution is -2.51. The number of carbonyl (C=O) groups excluding carboxylic acids is 1. The summed E-state index contributed by atoms with van der Waals surface area (Å²) in [7, 11) is 0. The number of amides is 1. The first kappa shape index (κ1) is 9.15. The van der Waals surface area contributed by atoms with Gasteiger partial charge in [-0.2, -0.15) is 0 Å². The van der Waals surface area contributed by atoms with Crippen LogP contribution in [-0.2, 0) is 0 Å². The van der Waals surface area contributed by atoms with Crippen LogP contribution < -0.4 is 0 Å². The van der Waals surface area contributed by atoms with Gasteiger partial charge >= 0.3 is 0 Å². The Kier molecular flexibility index (Phi) is 2.45. The lowest BCUT2D eigenvalue weighted by atomic mass is 10.0. The summed E-state index contributed by atoms with van der Waals surface area (Å²) >= 11 is 0. The average molecular weight is 192 g/mol. The van der Waals surface area contributed by atoms with Crippen LogP contribution in [0.4, 0.5) is 0 Å². The van der Waals surface area contributed by atoms with Crippen molar-refractivity contribution in [2.45, 2.75) is 0 Å². The third-order valence-electron chi connectivity index (χ3n) is 2.41. The SMILES string of the molecule is O=C(c1cccnc1)N1CC(CO)C1. The van der Waals surface area contributed by atoms with Gasteiger partial charge in [0.25, 0.3) is 5.91 Å². The fourth-order valence-corrected chi connectivity index (χ4v) is 1.52. The van der Waals surface area contributed by atoms with Crippen LogP contribution in [0, 0.1) is 5.92 Å². The predicted molar refractivity (Wildman–Crippen MR) is 50.7 cm³/mol. The molecule has 1 aromatic heterocycles. The van der Waals surface area contributed by atoms with E-state index in [1.165, 1.54) is 0 Å². The topological polar surface area (TPSA) is 53.4 Å². The molecule has 1 amide bonds. The van der Waals surface area contributed by atoms with Gasteiger partial charge in [-0.05, 0) is 12.1 Å². The summed E-state index contributed by atoms with van der Waals surface area (Å²) in [5, 5.41) is 8.81. The van der Waals surface area contributed by atoms with Crippen molar-refractivity contribution in [2.24, 2.45) is 5.92 Å². The molecule has 0 saturated carbocycles. The van der Waals surface area contributed by atoms with Crippen LogP contribution in [0.5, 0.6) is 0 Å². The number of hydrogen-bond acceptors (Lipinski definition) is 3. The molecule has 1 aliphatic rings. The first-order valence-corrected chi connectivity index (χ1v) is 4.61. The normalized spacial score (nSPS) is 16.5. The van der Waals surface area contributed by atoms with Crippen LogP contribution in [0.1, 0.15) is 10.4 Å². The van der Waals surface area contributed by atoms with Gasteiger partial charge in [0.05, 0.1) is 5.56 Å². The number of hydrogen-bond donors (Lipinski definition) is 1. The molecular weight excluding hydrogens is 180 g/mol. The fourth-order valence-electron chi connectivity index (χ4n) is 1.52. The predicted octanol–water partition coefficient (Wildman–Crippen LogP) is 0.146. The molecule has 1 aliphatic heterocycles. The second kappa shape index (κ2) is 3.75. The molecule has 0 spiro atoms. The molecule has 1 aromatic rings. The smallest absolute Gasteiger partial charge is 0.255 e. The van der Waals surface area contributed by atoms with E-state index in [1.54, 1.807) is 29.4 Å². The van der Waals surface area contributed by atoms with Crippen molar-refractivity contribution in [3.63, 3.8) is 0 Å². The lowest BCUT2D eigenvalue weighted by molar-refractivity contribution is 0.0361.